The molecule has 4 rings (SSSR count). The third kappa shape index (κ3) is 5.35. The molecule has 0 bridgehead atoms. The Bertz CT molecular complexity index is 1280. The molecule has 0 saturated carbocycles. The fourth-order valence-corrected chi connectivity index (χ4v) is 3.86. The van der Waals surface area contributed by atoms with Gasteiger partial charge in [-0.05, 0) is 62.8 Å². The van der Waals surface area contributed by atoms with Crippen molar-refractivity contribution in [3.05, 3.63) is 119 Å². The molecule has 5 nitrogen and oxygen atoms in total. The molecule has 0 aromatic heterocycles. The number of hydrogen-bond donors (Lipinski definition) is 0. The lowest BCUT2D eigenvalue weighted by Crippen LogP contribution is -2.16. The van der Waals surface area contributed by atoms with E-state index in [2.05, 4.69) is 30.0 Å². The minimum Gasteiger partial charge on any atom is -0.493 e. The van der Waals surface area contributed by atoms with E-state index in [4.69, 9.17) is 18.9 Å². The predicted octanol–water partition coefficient (Wildman–Crippen LogP) is 7.62. The number of hydrogen-bond acceptors (Lipinski definition) is 5. The quantitative estimate of drug-likeness (QED) is 0.390. The number of para-hydroxylation sites is 1. The van der Waals surface area contributed by atoms with E-state index in [1.807, 2.05) is 74.6 Å². The van der Waals surface area contributed by atoms with E-state index in [0.29, 0.717) is 29.4 Å². The van der Waals surface area contributed by atoms with Gasteiger partial charge in [0.15, 0.2) is 28.8 Å². The smallest absolute Gasteiger partial charge is 0.165 e. The van der Waals surface area contributed by atoms with Crippen LogP contribution in [0.2, 0.25) is 0 Å². The van der Waals surface area contributed by atoms with Crippen LogP contribution in [0.3, 0.4) is 0 Å². The van der Waals surface area contributed by atoms with Crippen LogP contribution in [0.25, 0.3) is 0 Å². The van der Waals surface area contributed by atoms with Crippen LogP contribution in [0.5, 0.6) is 11.5 Å². The Morgan fingerprint density at radius 3 is 2.57 bits per heavy atom. The van der Waals surface area contributed by atoms with Gasteiger partial charge in [-0.25, -0.2) is 0 Å². The molecule has 2 aromatic carbocycles. The summed E-state index contributed by atoms with van der Waals surface area (Å²) in [5.74, 6) is 3.50. The Morgan fingerprint density at radius 2 is 1.83 bits per heavy atom. The zero-order valence-electron chi connectivity index (χ0n) is 20.9. The monoisotopic (exact) mass is 469 g/mol. The van der Waals surface area contributed by atoms with Crippen LogP contribution in [0, 0.1) is 6.92 Å². The largest absolute Gasteiger partial charge is 0.493 e. The van der Waals surface area contributed by atoms with Gasteiger partial charge in [0.25, 0.3) is 0 Å². The van der Waals surface area contributed by atoms with Crippen LogP contribution in [-0.4, -0.2) is 14.2 Å². The molecule has 5 heteroatoms. The average Bonchev–Trinajstić information content (AvgIpc) is 3.10. The first-order valence-electron chi connectivity index (χ1n) is 11.6. The summed E-state index contributed by atoms with van der Waals surface area (Å²) in [6, 6.07) is 14.2. The van der Waals surface area contributed by atoms with Crippen molar-refractivity contribution < 1.29 is 18.9 Å². The van der Waals surface area contributed by atoms with E-state index in [0.717, 1.165) is 34.0 Å². The summed E-state index contributed by atoms with van der Waals surface area (Å²) in [5, 5.41) is 0. The molecule has 180 valence electrons. The average molecular weight is 470 g/mol. The van der Waals surface area contributed by atoms with Crippen molar-refractivity contribution in [2.45, 2.75) is 27.2 Å². The van der Waals surface area contributed by atoms with Gasteiger partial charge in [-0.3, -0.25) is 0 Å². The highest BCUT2D eigenvalue weighted by Crippen LogP contribution is 2.39. The van der Waals surface area contributed by atoms with E-state index in [-0.39, 0.29) is 0 Å². The Kier molecular flexibility index (Phi) is 7.46. The molecule has 2 aliphatic rings. The molecule has 0 N–H and O–H groups in total. The fraction of sp³-hybridized carbons (Fsp3) is 0.200. The maximum atomic E-state index is 6.15. The molecule has 0 unspecified atom stereocenters. The van der Waals surface area contributed by atoms with Crippen molar-refractivity contribution in [3.8, 4) is 11.5 Å². The SMILES string of the molecule is C/C=C(C)\C=C/C1=COC2=C(CC=C(N(c3ccc(OC)c(OC)c3)c3ccccc3C)C=C2)O1. The van der Waals surface area contributed by atoms with Crippen LogP contribution in [0.1, 0.15) is 25.8 Å². The topological polar surface area (TPSA) is 40.2 Å². The van der Waals surface area contributed by atoms with Gasteiger partial charge in [-0.1, -0.05) is 42.0 Å². The number of aryl methyl sites for hydroxylation is 1. The third-order valence-electron chi connectivity index (χ3n) is 5.93. The molecular weight excluding hydrogens is 438 g/mol. The number of anilines is 2. The molecule has 0 radical (unpaired) electrons. The molecule has 0 atom stereocenters. The van der Waals surface area contributed by atoms with Crippen molar-refractivity contribution in [2.24, 2.45) is 0 Å². The van der Waals surface area contributed by atoms with Gasteiger partial charge in [-0.15, -0.1) is 0 Å². The van der Waals surface area contributed by atoms with Gasteiger partial charge < -0.3 is 23.8 Å². The Labute approximate surface area is 207 Å². The number of nitrogens with zero attached hydrogens (tertiary/aromatic N) is 1. The van der Waals surface area contributed by atoms with Gasteiger partial charge >= 0.3 is 0 Å². The van der Waals surface area contributed by atoms with Crippen molar-refractivity contribution in [3.63, 3.8) is 0 Å². The van der Waals surface area contributed by atoms with Crippen molar-refractivity contribution in [1.29, 1.82) is 0 Å². The molecule has 1 aliphatic heterocycles. The molecule has 35 heavy (non-hydrogen) atoms. The van der Waals surface area contributed by atoms with Crippen LogP contribution in [0.4, 0.5) is 11.4 Å². The standard InChI is InChI=1S/C30H31NO4/c1-6-21(2)11-15-25-20-34-28-17-12-23(13-18-29(28)35-25)31(26-10-8-7-9-22(26)3)24-14-16-27(32-4)30(19-24)33-5/h6-17,19-20H,18H2,1-5H3/b15-11-,21-6-. The van der Waals surface area contributed by atoms with Crippen molar-refractivity contribution >= 4 is 11.4 Å². The minimum absolute atomic E-state index is 0.584. The highest BCUT2D eigenvalue weighted by Gasteiger charge is 2.21. The van der Waals surface area contributed by atoms with Crippen LogP contribution < -0.4 is 14.4 Å². The second kappa shape index (κ2) is 10.9. The minimum atomic E-state index is 0.584. The highest BCUT2D eigenvalue weighted by molar-refractivity contribution is 5.74. The maximum Gasteiger partial charge on any atom is 0.165 e. The summed E-state index contributed by atoms with van der Waals surface area (Å²) in [7, 11) is 3.29. The van der Waals surface area contributed by atoms with Gasteiger partial charge in [-0.2, -0.15) is 0 Å². The summed E-state index contributed by atoms with van der Waals surface area (Å²) in [6.45, 7) is 6.16. The normalized spacial score (nSPS) is 15.5. The van der Waals surface area contributed by atoms with E-state index in [9.17, 15) is 0 Å². The van der Waals surface area contributed by atoms with E-state index in [1.54, 1.807) is 20.5 Å². The molecule has 0 amide bonds. The first kappa shape index (κ1) is 24.0. The van der Waals surface area contributed by atoms with Crippen LogP contribution in [-0.2, 0) is 9.47 Å². The van der Waals surface area contributed by atoms with Crippen molar-refractivity contribution in [1.82, 2.24) is 0 Å². The molecule has 1 aliphatic carbocycles. The second-order valence-corrected chi connectivity index (χ2v) is 8.22. The zero-order valence-corrected chi connectivity index (χ0v) is 20.9. The summed E-state index contributed by atoms with van der Waals surface area (Å²) in [6.07, 6.45) is 14.3. The Hall–Kier alpha value is -4.12. The van der Waals surface area contributed by atoms with Crippen LogP contribution in [0.15, 0.2) is 114 Å². The number of methoxy groups -OCH3 is 2. The summed E-state index contributed by atoms with van der Waals surface area (Å²) in [4.78, 5) is 2.20. The number of allylic oxidation sites excluding steroid dienone is 7. The van der Waals surface area contributed by atoms with E-state index < -0.39 is 0 Å². The van der Waals surface area contributed by atoms with Crippen LogP contribution >= 0.6 is 0 Å². The summed E-state index contributed by atoms with van der Waals surface area (Å²) < 4.78 is 23.1. The zero-order chi connectivity index (χ0) is 24.8. The van der Waals surface area contributed by atoms with Gasteiger partial charge in [0, 0.05) is 23.9 Å². The van der Waals surface area contributed by atoms with Crippen molar-refractivity contribution in [2.75, 3.05) is 19.1 Å². The molecule has 0 fully saturated rings. The molecule has 2 aromatic rings. The summed E-state index contributed by atoms with van der Waals surface area (Å²) in [5.41, 5.74) is 5.33. The highest BCUT2D eigenvalue weighted by atomic mass is 16.5. The number of ether oxygens (including phenoxy) is 4. The maximum absolute atomic E-state index is 6.15. The molecular formula is C30H31NO4. The third-order valence-corrected chi connectivity index (χ3v) is 5.93. The predicted molar refractivity (Wildman–Crippen MR) is 141 cm³/mol. The lowest BCUT2D eigenvalue weighted by molar-refractivity contribution is 0.213. The Balaban J connectivity index is 1.68. The fourth-order valence-electron chi connectivity index (χ4n) is 3.86. The Morgan fingerprint density at radius 1 is 1.03 bits per heavy atom. The lowest BCUT2D eigenvalue weighted by atomic mass is 10.1. The molecule has 0 spiro atoms. The molecule has 1 heterocycles. The second-order valence-electron chi connectivity index (χ2n) is 8.22. The van der Waals surface area contributed by atoms with Gasteiger partial charge in [0.2, 0.25) is 0 Å². The number of rotatable bonds is 7. The van der Waals surface area contributed by atoms with E-state index in [1.165, 1.54) is 0 Å². The van der Waals surface area contributed by atoms with Gasteiger partial charge in [0.05, 0.1) is 19.9 Å². The van der Waals surface area contributed by atoms with E-state index >= 15 is 0 Å². The number of benzene rings is 2. The summed E-state index contributed by atoms with van der Waals surface area (Å²) >= 11 is 0. The van der Waals surface area contributed by atoms with Gasteiger partial charge in [0.1, 0.15) is 6.26 Å². The first-order chi connectivity index (χ1) is 17.0. The molecule has 0 saturated heterocycles. The first-order valence-corrected chi connectivity index (χ1v) is 11.6. The lowest BCUT2D eigenvalue weighted by Gasteiger charge is -2.28.